The highest BCUT2D eigenvalue weighted by Gasteiger charge is 2.18. The summed E-state index contributed by atoms with van der Waals surface area (Å²) < 4.78 is 15.4. The molecule has 0 spiro atoms. The van der Waals surface area contributed by atoms with Crippen LogP contribution in [0.1, 0.15) is 19.8 Å². The molecule has 1 amide bonds. The van der Waals surface area contributed by atoms with E-state index < -0.39 is 5.82 Å². The van der Waals surface area contributed by atoms with Crippen molar-refractivity contribution in [3.63, 3.8) is 0 Å². The predicted octanol–water partition coefficient (Wildman–Crippen LogP) is 3.93. The van der Waals surface area contributed by atoms with Crippen LogP contribution >= 0.6 is 11.6 Å². The van der Waals surface area contributed by atoms with Gasteiger partial charge >= 0.3 is 0 Å². The quantitative estimate of drug-likeness (QED) is 0.787. The molecule has 0 aliphatic rings. The molecule has 2 aromatic heterocycles. The van der Waals surface area contributed by atoms with Crippen LogP contribution in [-0.2, 0) is 4.79 Å². The second-order valence-electron chi connectivity index (χ2n) is 5.04. The van der Waals surface area contributed by atoms with E-state index in [0.29, 0.717) is 29.0 Å². The normalized spacial score (nSPS) is 10.9. The molecule has 3 rings (SSSR count). The van der Waals surface area contributed by atoms with Gasteiger partial charge < -0.3 is 5.32 Å². The molecule has 0 atom stereocenters. The predicted molar refractivity (Wildman–Crippen MR) is 86.9 cm³/mol. The maximum absolute atomic E-state index is 13.8. The molecule has 0 saturated heterocycles. The van der Waals surface area contributed by atoms with Crippen LogP contribution in [-0.4, -0.2) is 20.5 Å². The number of anilines is 1. The van der Waals surface area contributed by atoms with Crippen molar-refractivity contribution in [2.45, 2.75) is 19.8 Å². The van der Waals surface area contributed by atoms with Crippen molar-refractivity contribution < 1.29 is 9.18 Å². The molecule has 2 heterocycles. The third-order valence-electron chi connectivity index (χ3n) is 3.34. The highest BCUT2D eigenvalue weighted by atomic mass is 35.5. The number of fused-ring (bicyclic) bond motifs is 1. The van der Waals surface area contributed by atoms with E-state index in [2.05, 4.69) is 15.4 Å². The Labute approximate surface area is 137 Å². The van der Waals surface area contributed by atoms with Crippen molar-refractivity contribution in [1.29, 1.82) is 0 Å². The number of amides is 1. The van der Waals surface area contributed by atoms with Crippen molar-refractivity contribution in [3.8, 4) is 11.1 Å². The molecule has 118 valence electrons. The SMILES string of the molecule is CCCC(=O)Nc1nn2cccnc2c1-c1ccc(Cl)c(F)c1. The topological polar surface area (TPSA) is 59.3 Å². The molecule has 1 aromatic carbocycles. The van der Waals surface area contributed by atoms with Gasteiger partial charge in [0.2, 0.25) is 5.91 Å². The molecule has 3 aromatic rings. The molecule has 0 bridgehead atoms. The van der Waals surface area contributed by atoms with E-state index in [1.54, 1.807) is 29.0 Å². The maximum Gasteiger partial charge on any atom is 0.225 e. The minimum Gasteiger partial charge on any atom is -0.309 e. The monoisotopic (exact) mass is 332 g/mol. The minimum atomic E-state index is -0.537. The Morgan fingerprint density at radius 1 is 1.43 bits per heavy atom. The van der Waals surface area contributed by atoms with Crippen molar-refractivity contribution in [2.75, 3.05) is 5.32 Å². The fourth-order valence-corrected chi connectivity index (χ4v) is 2.43. The fraction of sp³-hybridized carbons (Fsp3) is 0.188. The van der Waals surface area contributed by atoms with Crippen LogP contribution < -0.4 is 5.32 Å². The lowest BCUT2D eigenvalue weighted by molar-refractivity contribution is -0.116. The Bertz CT molecular complexity index is 878. The average molecular weight is 333 g/mol. The van der Waals surface area contributed by atoms with Crippen LogP contribution in [0.4, 0.5) is 10.2 Å². The molecule has 1 N–H and O–H groups in total. The van der Waals surface area contributed by atoms with Crippen LogP contribution in [0, 0.1) is 5.82 Å². The first-order valence-corrected chi connectivity index (χ1v) is 7.56. The first kappa shape index (κ1) is 15.4. The molecule has 0 saturated carbocycles. The average Bonchev–Trinajstić information content (AvgIpc) is 2.88. The minimum absolute atomic E-state index is 0.0368. The molecule has 0 unspecified atom stereocenters. The molecular formula is C16H14ClFN4O. The molecule has 0 aliphatic heterocycles. The van der Waals surface area contributed by atoms with Gasteiger partial charge in [-0.3, -0.25) is 4.79 Å². The number of aromatic nitrogens is 3. The lowest BCUT2D eigenvalue weighted by Crippen LogP contribution is -2.11. The first-order chi connectivity index (χ1) is 11.1. The van der Waals surface area contributed by atoms with Crippen molar-refractivity contribution in [3.05, 3.63) is 47.5 Å². The summed E-state index contributed by atoms with van der Waals surface area (Å²) in [7, 11) is 0. The van der Waals surface area contributed by atoms with E-state index in [4.69, 9.17) is 11.6 Å². The number of carbonyl (C=O) groups excluding carboxylic acids is 1. The Hall–Kier alpha value is -2.47. The van der Waals surface area contributed by atoms with Gasteiger partial charge in [-0.15, -0.1) is 5.10 Å². The van der Waals surface area contributed by atoms with Gasteiger partial charge in [0.05, 0.1) is 10.6 Å². The van der Waals surface area contributed by atoms with Crippen LogP contribution in [0.3, 0.4) is 0 Å². The van der Waals surface area contributed by atoms with E-state index in [1.165, 1.54) is 12.1 Å². The van der Waals surface area contributed by atoms with Crippen LogP contribution in [0.5, 0.6) is 0 Å². The Morgan fingerprint density at radius 3 is 3.00 bits per heavy atom. The van der Waals surface area contributed by atoms with Crippen LogP contribution in [0.2, 0.25) is 5.02 Å². The van der Waals surface area contributed by atoms with Gasteiger partial charge in [-0.2, -0.15) is 0 Å². The van der Waals surface area contributed by atoms with Gasteiger partial charge in [-0.05, 0) is 30.2 Å². The summed E-state index contributed by atoms with van der Waals surface area (Å²) in [5.74, 6) is -0.333. The number of hydrogen-bond donors (Lipinski definition) is 1. The highest BCUT2D eigenvalue weighted by molar-refractivity contribution is 6.30. The van der Waals surface area contributed by atoms with Crippen molar-refractivity contribution >= 4 is 29.0 Å². The first-order valence-electron chi connectivity index (χ1n) is 7.18. The number of nitrogens with zero attached hydrogens (tertiary/aromatic N) is 3. The van der Waals surface area contributed by atoms with E-state index in [-0.39, 0.29) is 10.9 Å². The number of halogens is 2. The number of benzene rings is 1. The number of rotatable bonds is 4. The van der Waals surface area contributed by atoms with Crippen LogP contribution in [0.15, 0.2) is 36.7 Å². The molecule has 0 fully saturated rings. The van der Waals surface area contributed by atoms with E-state index in [9.17, 15) is 9.18 Å². The van der Waals surface area contributed by atoms with Gasteiger partial charge in [0, 0.05) is 18.8 Å². The third-order valence-corrected chi connectivity index (χ3v) is 3.64. The molecular weight excluding hydrogens is 319 g/mol. The second-order valence-corrected chi connectivity index (χ2v) is 5.45. The van der Waals surface area contributed by atoms with Crippen molar-refractivity contribution in [2.24, 2.45) is 0 Å². The molecule has 23 heavy (non-hydrogen) atoms. The van der Waals surface area contributed by atoms with Gasteiger partial charge in [-0.25, -0.2) is 13.9 Å². The summed E-state index contributed by atoms with van der Waals surface area (Å²) in [6, 6.07) is 6.18. The van der Waals surface area contributed by atoms with Gasteiger partial charge in [0.15, 0.2) is 11.5 Å². The molecule has 0 aliphatic carbocycles. The zero-order valence-corrected chi connectivity index (χ0v) is 13.1. The maximum atomic E-state index is 13.8. The summed E-state index contributed by atoms with van der Waals surface area (Å²) in [6.45, 7) is 1.92. The molecule has 7 heteroatoms. The summed E-state index contributed by atoms with van der Waals surface area (Å²) in [6.07, 6.45) is 4.44. The largest absolute Gasteiger partial charge is 0.309 e. The van der Waals surface area contributed by atoms with Gasteiger partial charge in [0.1, 0.15) is 5.82 Å². The summed E-state index contributed by atoms with van der Waals surface area (Å²) in [5, 5.41) is 7.13. The summed E-state index contributed by atoms with van der Waals surface area (Å²) >= 11 is 5.74. The van der Waals surface area contributed by atoms with E-state index in [0.717, 1.165) is 6.42 Å². The number of nitrogens with one attached hydrogen (secondary N) is 1. The Kier molecular flexibility index (Phi) is 4.25. The standard InChI is InChI=1S/C16H14ClFN4O/c1-2-4-13(23)20-15-14(10-5-6-11(17)12(18)9-10)16-19-7-3-8-22(16)21-15/h3,5-9H,2,4H2,1H3,(H,20,21,23). The number of carbonyl (C=O) groups is 1. The Balaban J connectivity index is 2.15. The summed E-state index contributed by atoms with van der Waals surface area (Å²) in [4.78, 5) is 16.2. The zero-order chi connectivity index (χ0) is 16.4. The lowest BCUT2D eigenvalue weighted by atomic mass is 10.1. The van der Waals surface area contributed by atoms with Crippen LogP contribution in [0.25, 0.3) is 16.8 Å². The zero-order valence-electron chi connectivity index (χ0n) is 12.4. The fourth-order valence-electron chi connectivity index (χ4n) is 2.31. The van der Waals surface area contributed by atoms with E-state index >= 15 is 0 Å². The smallest absolute Gasteiger partial charge is 0.225 e. The third kappa shape index (κ3) is 3.03. The van der Waals surface area contributed by atoms with Crippen molar-refractivity contribution in [1.82, 2.24) is 14.6 Å². The number of hydrogen-bond acceptors (Lipinski definition) is 3. The molecule has 0 radical (unpaired) electrons. The molecule has 5 nitrogen and oxygen atoms in total. The Morgan fingerprint density at radius 2 is 2.26 bits per heavy atom. The van der Waals surface area contributed by atoms with Gasteiger partial charge in [0.25, 0.3) is 0 Å². The highest BCUT2D eigenvalue weighted by Crippen LogP contribution is 2.32. The summed E-state index contributed by atoms with van der Waals surface area (Å²) in [5.41, 5.74) is 1.64. The van der Waals surface area contributed by atoms with E-state index in [1.807, 2.05) is 6.92 Å². The lowest BCUT2D eigenvalue weighted by Gasteiger charge is -2.05. The van der Waals surface area contributed by atoms with Gasteiger partial charge in [-0.1, -0.05) is 24.6 Å². The second kappa shape index (κ2) is 6.34.